The van der Waals surface area contributed by atoms with Gasteiger partial charge in [0.1, 0.15) is 11.2 Å². The van der Waals surface area contributed by atoms with Crippen LogP contribution in [0.4, 0.5) is 0 Å². The Morgan fingerprint density at radius 1 is 1.18 bits per heavy atom. The van der Waals surface area contributed by atoms with Crippen molar-refractivity contribution in [3.63, 3.8) is 0 Å². The van der Waals surface area contributed by atoms with Gasteiger partial charge in [0.15, 0.2) is 5.58 Å². The number of hydrogen-bond donors (Lipinski definition) is 1. The van der Waals surface area contributed by atoms with Crippen molar-refractivity contribution in [2.75, 3.05) is 6.54 Å². The van der Waals surface area contributed by atoms with Crippen LogP contribution in [0.25, 0.3) is 11.1 Å². The van der Waals surface area contributed by atoms with Crippen LogP contribution < -0.4 is 5.32 Å². The van der Waals surface area contributed by atoms with Crippen LogP contribution in [-0.2, 0) is 17.8 Å². The fourth-order valence-electron chi connectivity index (χ4n) is 5.26. The first-order valence-electron chi connectivity index (χ1n) is 11.8. The molecular formula is C26H30ClN3O3. The van der Waals surface area contributed by atoms with Crippen LogP contribution in [0.5, 0.6) is 0 Å². The van der Waals surface area contributed by atoms with Crippen molar-refractivity contribution in [3.8, 4) is 0 Å². The minimum atomic E-state index is -0.997. The quantitative estimate of drug-likeness (QED) is 0.571. The number of halogens is 1. The number of aromatic nitrogens is 1. The molecule has 1 aliphatic heterocycles. The number of carbonyl (C=O) groups excluding carboxylic acids is 2. The number of hydrogen-bond acceptors (Lipinski definition) is 3. The first-order chi connectivity index (χ1) is 15.8. The van der Waals surface area contributed by atoms with Gasteiger partial charge < -0.3 is 19.2 Å². The fraction of sp³-hybridized carbons (Fsp3) is 0.462. The standard InChI is InChI=1S/C26H30ClN3O3/c1-17-3-9-20(10-4-17)28-25(32)26(2)16-29-21-12-14-33-23(21)15-22(29)24(31)30(26)13-11-18-5-7-19(27)8-6-18/h5-8,12,14-15,17,20H,3-4,9-11,13,16H2,1-2H3,(H,28,32). The van der Waals surface area contributed by atoms with E-state index >= 15 is 0 Å². The monoisotopic (exact) mass is 467 g/mol. The molecule has 1 saturated carbocycles. The largest absolute Gasteiger partial charge is 0.463 e. The number of benzene rings is 1. The molecule has 6 nitrogen and oxygen atoms in total. The van der Waals surface area contributed by atoms with E-state index in [1.165, 1.54) is 0 Å². The summed E-state index contributed by atoms with van der Waals surface area (Å²) in [7, 11) is 0. The van der Waals surface area contributed by atoms with Gasteiger partial charge in [-0.1, -0.05) is 30.7 Å². The van der Waals surface area contributed by atoms with Crippen molar-refractivity contribution >= 4 is 34.5 Å². The zero-order chi connectivity index (χ0) is 23.2. The molecule has 5 rings (SSSR count). The number of furan rings is 1. The molecule has 1 aliphatic carbocycles. The van der Waals surface area contributed by atoms with E-state index in [2.05, 4.69) is 12.2 Å². The summed E-state index contributed by atoms with van der Waals surface area (Å²) in [5.74, 6) is 0.483. The topological polar surface area (TPSA) is 67.5 Å². The smallest absolute Gasteiger partial charge is 0.271 e. The third-order valence-corrected chi connectivity index (χ3v) is 7.68. The number of fused-ring (bicyclic) bond motifs is 3. The summed E-state index contributed by atoms with van der Waals surface area (Å²) >= 11 is 6.03. The molecule has 174 valence electrons. The summed E-state index contributed by atoms with van der Waals surface area (Å²) in [6, 6.07) is 11.4. The molecule has 3 aromatic rings. The Hall–Kier alpha value is -2.73. The maximum Gasteiger partial charge on any atom is 0.271 e. The summed E-state index contributed by atoms with van der Waals surface area (Å²) in [6.07, 6.45) is 6.49. The lowest BCUT2D eigenvalue weighted by Crippen LogP contribution is -2.65. The Morgan fingerprint density at radius 3 is 2.64 bits per heavy atom. The lowest BCUT2D eigenvalue weighted by atomic mass is 9.86. The maximum absolute atomic E-state index is 13.7. The summed E-state index contributed by atoms with van der Waals surface area (Å²) < 4.78 is 7.48. The second-order valence-electron chi connectivity index (χ2n) is 9.82. The van der Waals surface area contributed by atoms with Crippen LogP contribution in [0.2, 0.25) is 5.02 Å². The number of nitrogens with one attached hydrogen (secondary N) is 1. The highest BCUT2D eigenvalue weighted by atomic mass is 35.5. The van der Waals surface area contributed by atoms with E-state index < -0.39 is 5.54 Å². The van der Waals surface area contributed by atoms with E-state index in [1.807, 2.05) is 41.8 Å². The first kappa shape index (κ1) is 22.1. The Bertz CT molecular complexity index is 1170. The molecule has 1 N–H and O–H groups in total. The molecule has 0 spiro atoms. The fourth-order valence-corrected chi connectivity index (χ4v) is 5.39. The molecule has 3 heterocycles. The predicted molar refractivity (Wildman–Crippen MR) is 128 cm³/mol. The zero-order valence-corrected chi connectivity index (χ0v) is 19.9. The van der Waals surface area contributed by atoms with E-state index in [9.17, 15) is 9.59 Å². The first-order valence-corrected chi connectivity index (χ1v) is 12.2. The van der Waals surface area contributed by atoms with Gasteiger partial charge in [-0.3, -0.25) is 9.59 Å². The Morgan fingerprint density at radius 2 is 1.91 bits per heavy atom. The van der Waals surface area contributed by atoms with Crippen LogP contribution in [0.15, 0.2) is 47.1 Å². The molecule has 1 aromatic carbocycles. The van der Waals surface area contributed by atoms with Gasteiger partial charge in [0.25, 0.3) is 5.91 Å². The minimum Gasteiger partial charge on any atom is -0.463 e. The highest BCUT2D eigenvalue weighted by Crippen LogP contribution is 2.33. The summed E-state index contributed by atoms with van der Waals surface area (Å²) in [4.78, 5) is 29.2. The van der Waals surface area contributed by atoms with Gasteiger partial charge >= 0.3 is 0 Å². The predicted octanol–water partition coefficient (Wildman–Crippen LogP) is 5.04. The Balaban J connectivity index is 1.44. The van der Waals surface area contributed by atoms with Gasteiger partial charge in [-0.05, 0) is 62.6 Å². The van der Waals surface area contributed by atoms with Crippen molar-refractivity contribution < 1.29 is 14.0 Å². The normalized spacial score (nSPS) is 25.3. The van der Waals surface area contributed by atoms with Gasteiger partial charge in [0.2, 0.25) is 5.91 Å². The lowest BCUT2D eigenvalue weighted by Gasteiger charge is -2.45. The Kier molecular flexibility index (Phi) is 5.73. The summed E-state index contributed by atoms with van der Waals surface area (Å²) in [5.41, 5.74) is 2.16. The van der Waals surface area contributed by atoms with Crippen molar-refractivity contribution in [2.24, 2.45) is 5.92 Å². The number of nitrogens with zero attached hydrogens (tertiary/aromatic N) is 2. The molecule has 0 bridgehead atoms. The van der Waals surface area contributed by atoms with E-state index in [4.69, 9.17) is 16.0 Å². The van der Waals surface area contributed by atoms with E-state index in [0.717, 1.165) is 36.8 Å². The van der Waals surface area contributed by atoms with Crippen molar-refractivity contribution in [3.05, 3.63) is 58.9 Å². The van der Waals surface area contributed by atoms with Crippen LogP contribution in [0.1, 0.15) is 55.6 Å². The molecular weight excluding hydrogens is 438 g/mol. The van der Waals surface area contributed by atoms with E-state index in [-0.39, 0.29) is 17.9 Å². The molecule has 1 atom stereocenters. The molecule has 1 unspecified atom stereocenters. The zero-order valence-electron chi connectivity index (χ0n) is 19.1. The van der Waals surface area contributed by atoms with Gasteiger partial charge in [-0.25, -0.2) is 0 Å². The van der Waals surface area contributed by atoms with Gasteiger partial charge in [-0.2, -0.15) is 0 Å². The molecule has 0 saturated heterocycles. The van der Waals surface area contributed by atoms with Crippen LogP contribution in [-0.4, -0.2) is 39.4 Å². The van der Waals surface area contributed by atoms with Crippen LogP contribution in [0.3, 0.4) is 0 Å². The highest BCUT2D eigenvalue weighted by molar-refractivity contribution is 6.30. The van der Waals surface area contributed by atoms with Crippen molar-refractivity contribution in [1.29, 1.82) is 0 Å². The third kappa shape index (κ3) is 4.05. The van der Waals surface area contributed by atoms with Gasteiger partial charge in [0.05, 0.1) is 18.3 Å². The molecule has 7 heteroatoms. The summed E-state index contributed by atoms with van der Waals surface area (Å²) in [6.45, 7) is 5.00. The summed E-state index contributed by atoms with van der Waals surface area (Å²) in [5, 5.41) is 3.96. The molecule has 33 heavy (non-hydrogen) atoms. The van der Waals surface area contributed by atoms with E-state index in [0.29, 0.717) is 41.7 Å². The SMILES string of the molecule is CC1CCC(NC(=O)C2(C)Cn3c(cc4occc43)C(=O)N2CCc2ccc(Cl)cc2)CC1. The average molecular weight is 468 g/mol. The van der Waals surface area contributed by atoms with Crippen LogP contribution >= 0.6 is 11.6 Å². The molecule has 2 aromatic heterocycles. The molecule has 1 fully saturated rings. The Labute approximate surface area is 198 Å². The average Bonchev–Trinajstić information content (AvgIpc) is 3.39. The molecule has 2 aliphatic rings. The maximum atomic E-state index is 13.7. The van der Waals surface area contributed by atoms with Crippen LogP contribution in [0, 0.1) is 5.92 Å². The second-order valence-corrected chi connectivity index (χ2v) is 10.3. The molecule has 0 radical (unpaired) electrons. The third-order valence-electron chi connectivity index (χ3n) is 7.43. The highest BCUT2D eigenvalue weighted by Gasteiger charge is 2.48. The number of carbonyl (C=O) groups is 2. The minimum absolute atomic E-state index is 0.0810. The van der Waals surface area contributed by atoms with Gasteiger partial charge in [0, 0.05) is 29.7 Å². The number of amides is 2. The van der Waals surface area contributed by atoms with Crippen molar-refractivity contribution in [2.45, 2.75) is 64.1 Å². The second kappa shape index (κ2) is 8.56. The number of rotatable bonds is 5. The van der Waals surface area contributed by atoms with Crippen molar-refractivity contribution in [1.82, 2.24) is 14.8 Å². The van der Waals surface area contributed by atoms with E-state index in [1.54, 1.807) is 17.2 Å². The molecule has 2 amide bonds. The van der Waals surface area contributed by atoms with Gasteiger partial charge in [-0.15, -0.1) is 0 Å². The lowest BCUT2D eigenvalue weighted by molar-refractivity contribution is -0.133.